The van der Waals surface area contributed by atoms with Gasteiger partial charge in [-0.05, 0) is 35.9 Å². The van der Waals surface area contributed by atoms with Gasteiger partial charge in [0, 0.05) is 38.0 Å². The number of primary amides is 1. The third kappa shape index (κ3) is 2.91. The van der Waals surface area contributed by atoms with Gasteiger partial charge in [-0.2, -0.15) is 5.10 Å². The van der Waals surface area contributed by atoms with Crippen LogP contribution in [0.5, 0.6) is 0 Å². The van der Waals surface area contributed by atoms with Crippen LogP contribution in [0, 0.1) is 0 Å². The van der Waals surface area contributed by atoms with Crippen molar-refractivity contribution in [3.05, 3.63) is 59.3 Å². The van der Waals surface area contributed by atoms with E-state index in [4.69, 9.17) is 5.73 Å². The van der Waals surface area contributed by atoms with Crippen LogP contribution in [0.2, 0.25) is 0 Å². The fourth-order valence-corrected chi connectivity index (χ4v) is 3.80. The van der Waals surface area contributed by atoms with Gasteiger partial charge in [-0.25, -0.2) is 4.68 Å². The molecule has 0 saturated carbocycles. The third-order valence-electron chi connectivity index (χ3n) is 5.48. The lowest BCUT2D eigenvalue weighted by Crippen LogP contribution is -2.36. The molecule has 0 spiro atoms. The van der Waals surface area contributed by atoms with E-state index in [9.17, 15) is 19.5 Å². The molecule has 154 valence electrons. The largest absolute Gasteiger partial charge is 0.375 e. The summed E-state index contributed by atoms with van der Waals surface area (Å²) in [7, 11) is 3.16. The minimum atomic E-state index is -1.60. The second kappa shape index (κ2) is 6.96. The van der Waals surface area contributed by atoms with Crippen molar-refractivity contribution in [3.63, 3.8) is 0 Å². The summed E-state index contributed by atoms with van der Waals surface area (Å²) in [6.45, 7) is 0.457. The van der Waals surface area contributed by atoms with Crippen molar-refractivity contribution in [2.45, 2.75) is 12.0 Å². The summed E-state index contributed by atoms with van der Waals surface area (Å²) in [5, 5.41) is 18.3. The number of rotatable bonds is 4. The van der Waals surface area contributed by atoms with Gasteiger partial charge in [-0.15, -0.1) is 0 Å². The zero-order chi connectivity index (χ0) is 21.6. The van der Waals surface area contributed by atoms with E-state index in [1.807, 2.05) is 0 Å². The van der Waals surface area contributed by atoms with Gasteiger partial charge in [-0.3, -0.25) is 14.4 Å². The van der Waals surface area contributed by atoms with Crippen LogP contribution in [0.25, 0.3) is 16.6 Å². The van der Waals surface area contributed by atoms with Crippen LogP contribution in [0.1, 0.15) is 32.8 Å². The molecule has 4 rings (SSSR count). The van der Waals surface area contributed by atoms with Crippen LogP contribution >= 0.6 is 0 Å². The number of amides is 3. The summed E-state index contributed by atoms with van der Waals surface area (Å²) in [5.74, 6) is -1.39. The highest BCUT2D eigenvalue weighted by Gasteiger charge is 2.45. The molecular weight excluding hydrogens is 386 g/mol. The molecule has 3 amide bonds. The fourth-order valence-electron chi connectivity index (χ4n) is 3.80. The molecule has 0 unspecified atom stereocenters. The lowest BCUT2D eigenvalue weighted by molar-refractivity contribution is -0.143. The van der Waals surface area contributed by atoms with Gasteiger partial charge >= 0.3 is 0 Å². The molecule has 1 saturated heterocycles. The van der Waals surface area contributed by atoms with Gasteiger partial charge in [0.1, 0.15) is 0 Å². The maximum atomic E-state index is 12.5. The Bertz CT molecular complexity index is 1200. The van der Waals surface area contributed by atoms with E-state index in [0.29, 0.717) is 34.3 Å². The third-order valence-corrected chi connectivity index (χ3v) is 5.48. The number of hydrogen-bond donors (Lipinski definition) is 3. The number of likely N-dealkylation sites (tertiary alicyclic amines) is 1. The van der Waals surface area contributed by atoms with Gasteiger partial charge in [0.15, 0.2) is 11.3 Å². The van der Waals surface area contributed by atoms with E-state index in [-0.39, 0.29) is 23.9 Å². The number of fused-ring (bicyclic) bond motifs is 1. The first kappa shape index (κ1) is 19.6. The Hall–Kier alpha value is -3.72. The molecule has 1 aromatic heterocycles. The molecule has 2 heterocycles. The minimum absolute atomic E-state index is 0.0246. The summed E-state index contributed by atoms with van der Waals surface area (Å²) in [4.78, 5) is 37.9. The molecule has 9 nitrogen and oxygen atoms in total. The molecule has 30 heavy (non-hydrogen) atoms. The highest BCUT2D eigenvalue weighted by atomic mass is 16.3. The number of carbonyl (C=O) groups excluding carboxylic acids is 3. The second-order valence-electron chi connectivity index (χ2n) is 7.32. The molecule has 3 aromatic rings. The van der Waals surface area contributed by atoms with E-state index in [1.54, 1.807) is 49.5 Å². The van der Waals surface area contributed by atoms with E-state index in [0.717, 1.165) is 0 Å². The summed E-state index contributed by atoms with van der Waals surface area (Å²) in [6, 6.07) is 11.7. The van der Waals surface area contributed by atoms with Crippen LogP contribution in [-0.4, -0.2) is 58.1 Å². The Labute approximate surface area is 172 Å². The number of aromatic nitrogens is 2. The monoisotopic (exact) mass is 407 g/mol. The standard InChI is InChI=1S/C21H21N5O4/c1-23-19(28)12-6-7-16-15(10-12)17(18(22)27)24-26(16)14-5-3-4-13(11-14)21(30)8-9-25(2)20(21)29/h3-7,10-11,30H,8-9H2,1-2H3,(H2,22,27)(H,23,28)/t21-/m1/s1. The lowest BCUT2D eigenvalue weighted by Gasteiger charge is -2.21. The number of hydrogen-bond acceptors (Lipinski definition) is 5. The molecule has 1 aliphatic rings. The number of nitrogens with zero attached hydrogens (tertiary/aromatic N) is 3. The quantitative estimate of drug-likeness (QED) is 0.581. The van der Waals surface area contributed by atoms with E-state index < -0.39 is 11.5 Å². The SMILES string of the molecule is CNC(=O)c1ccc2c(c1)c(C(N)=O)nn2-c1cccc([C@]2(O)CCN(C)C2=O)c1. The predicted molar refractivity (Wildman–Crippen MR) is 109 cm³/mol. The van der Waals surface area contributed by atoms with Crippen LogP contribution in [0.15, 0.2) is 42.5 Å². The van der Waals surface area contributed by atoms with Crippen LogP contribution < -0.4 is 11.1 Å². The molecule has 1 aliphatic heterocycles. The average molecular weight is 407 g/mol. The Morgan fingerprint density at radius 1 is 1.23 bits per heavy atom. The van der Waals surface area contributed by atoms with Crippen molar-refractivity contribution in [1.29, 1.82) is 0 Å². The first-order chi connectivity index (χ1) is 14.3. The number of carbonyl (C=O) groups is 3. The minimum Gasteiger partial charge on any atom is -0.375 e. The van der Waals surface area contributed by atoms with E-state index in [1.165, 1.54) is 16.6 Å². The van der Waals surface area contributed by atoms with Crippen molar-refractivity contribution >= 4 is 28.6 Å². The van der Waals surface area contributed by atoms with E-state index in [2.05, 4.69) is 10.4 Å². The normalized spacial score (nSPS) is 18.8. The maximum absolute atomic E-state index is 12.5. The molecule has 1 atom stereocenters. The first-order valence-electron chi connectivity index (χ1n) is 9.40. The Balaban J connectivity index is 1.87. The van der Waals surface area contributed by atoms with Gasteiger partial charge < -0.3 is 21.1 Å². The second-order valence-corrected chi connectivity index (χ2v) is 7.32. The average Bonchev–Trinajstić information content (AvgIpc) is 3.27. The first-order valence-corrected chi connectivity index (χ1v) is 9.40. The molecule has 0 aliphatic carbocycles. The number of nitrogens with one attached hydrogen (secondary N) is 1. The smallest absolute Gasteiger partial charge is 0.269 e. The van der Waals surface area contributed by atoms with E-state index >= 15 is 0 Å². The Morgan fingerprint density at radius 2 is 2.00 bits per heavy atom. The molecule has 1 fully saturated rings. The van der Waals surface area contributed by atoms with Crippen molar-refractivity contribution in [1.82, 2.24) is 20.0 Å². The topological polar surface area (TPSA) is 131 Å². The molecule has 0 radical (unpaired) electrons. The molecular formula is C21H21N5O4. The molecule has 4 N–H and O–H groups in total. The van der Waals surface area contributed by atoms with Crippen molar-refractivity contribution < 1.29 is 19.5 Å². The molecule has 2 aromatic carbocycles. The summed E-state index contributed by atoms with van der Waals surface area (Å²) >= 11 is 0. The van der Waals surface area contributed by atoms with Crippen molar-refractivity contribution in [2.24, 2.45) is 5.73 Å². The van der Waals surface area contributed by atoms with Crippen molar-refractivity contribution in [2.75, 3.05) is 20.6 Å². The van der Waals surface area contributed by atoms with Crippen LogP contribution in [0.4, 0.5) is 0 Å². The summed E-state index contributed by atoms with van der Waals surface area (Å²) in [5.41, 5.74) is 5.86. The zero-order valence-electron chi connectivity index (χ0n) is 16.5. The highest BCUT2D eigenvalue weighted by molar-refractivity contribution is 6.07. The lowest BCUT2D eigenvalue weighted by atomic mass is 9.92. The number of nitrogens with two attached hydrogens (primary N) is 1. The van der Waals surface area contributed by atoms with Gasteiger partial charge in [-0.1, -0.05) is 12.1 Å². The van der Waals surface area contributed by atoms with Gasteiger partial charge in [0.05, 0.1) is 11.2 Å². The predicted octanol–water partition coefficient (Wildman–Crippen LogP) is 0.534. The fraction of sp³-hybridized carbons (Fsp3) is 0.238. The highest BCUT2D eigenvalue weighted by Crippen LogP contribution is 2.34. The number of aliphatic hydroxyl groups is 1. The molecule has 9 heteroatoms. The summed E-state index contributed by atoms with van der Waals surface area (Å²) < 4.78 is 1.51. The summed E-state index contributed by atoms with van der Waals surface area (Å²) in [6.07, 6.45) is 0.285. The number of likely N-dealkylation sites (N-methyl/N-ethyl adjacent to an activating group) is 1. The van der Waals surface area contributed by atoms with Crippen molar-refractivity contribution in [3.8, 4) is 5.69 Å². The van der Waals surface area contributed by atoms with Gasteiger partial charge in [0.25, 0.3) is 17.7 Å². The zero-order valence-corrected chi connectivity index (χ0v) is 16.5. The van der Waals surface area contributed by atoms with Crippen LogP contribution in [0.3, 0.4) is 0 Å². The van der Waals surface area contributed by atoms with Gasteiger partial charge in [0.2, 0.25) is 0 Å². The Kier molecular flexibility index (Phi) is 4.54. The Morgan fingerprint density at radius 3 is 2.63 bits per heavy atom. The number of benzene rings is 2. The maximum Gasteiger partial charge on any atom is 0.269 e. The van der Waals surface area contributed by atoms with Crippen LogP contribution in [-0.2, 0) is 10.4 Å². The molecule has 0 bridgehead atoms.